The molecule has 1 heterocycles. The molecule has 2 N–H and O–H groups in total. The molecule has 2 aromatic rings. The first-order valence-electron chi connectivity index (χ1n) is 5.90. The van der Waals surface area contributed by atoms with Crippen molar-refractivity contribution >= 4 is 33.0 Å². The fourth-order valence-corrected chi connectivity index (χ4v) is 2.39. The van der Waals surface area contributed by atoms with Gasteiger partial charge in [0.1, 0.15) is 0 Å². The number of benzene rings is 1. The summed E-state index contributed by atoms with van der Waals surface area (Å²) in [5.74, 6) is 0. The van der Waals surface area contributed by atoms with E-state index in [1.54, 1.807) is 0 Å². The second-order valence-corrected chi connectivity index (χ2v) is 5.05. The Morgan fingerprint density at radius 3 is 2.56 bits per heavy atom. The summed E-state index contributed by atoms with van der Waals surface area (Å²) in [5, 5.41) is 6.60. The van der Waals surface area contributed by atoms with Gasteiger partial charge in [0, 0.05) is 16.7 Å². The van der Waals surface area contributed by atoms with Crippen LogP contribution in [0.4, 0.5) is 17.1 Å². The molecule has 0 aliphatic rings. The summed E-state index contributed by atoms with van der Waals surface area (Å²) < 4.78 is 1.07. The molecule has 1 aromatic carbocycles. The molecule has 0 aliphatic carbocycles. The van der Waals surface area contributed by atoms with Crippen LogP contribution in [0.2, 0.25) is 0 Å². The number of hydrogen-bond acceptors (Lipinski definition) is 3. The minimum Gasteiger partial charge on any atom is -0.384 e. The summed E-state index contributed by atoms with van der Waals surface area (Å²) in [6.45, 7) is 5.03. The van der Waals surface area contributed by atoms with Gasteiger partial charge in [-0.25, -0.2) is 0 Å². The molecule has 3 nitrogen and oxygen atoms in total. The highest BCUT2D eigenvalue weighted by molar-refractivity contribution is 9.10. The fraction of sp³-hybridized carbons (Fsp3) is 0.214. The Hall–Kier alpha value is -1.55. The van der Waals surface area contributed by atoms with Crippen LogP contribution < -0.4 is 10.6 Å². The molecule has 0 amide bonds. The molecular weight excluding hydrogens is 290 g/mol. The van der Waals surface area contributed by atoms with Gasteiger partial charge in [-0.15, -0.1) is 0 Å². The summed E-state index contributed by atoms with van der Waals surface area (Å²) in [7, 11) is 0. The van der Waals surface area contributed by atoms with E-state index in [-0.39, 0.29) is 0 Å². The molecule has 1 aromatic heterocycles. The average molecular weight is 306 g/mol. The third kappa shape index (κ3) is 3.47. The number of anilines is 3. The Balaban J connectivity index is 2.20. The maximum Gasteiger partial charge on any atom is 0.0591 e. The van der Waals surface area contributed by atoms with Crippen molar-refractivity contribution in [1.82, 2.24) is 4.98 Å². The number of aromatic nitrogens is 1. The summed E-state index contributed by atoms with van der Waals surface area (Å²) in [6.07, 6.45) is 3.64. The highest BCUT2D eigenvalue weighted by Gasteiger charge is 1.99. The number of nitrogens with one attached hydrogen (secondary N) is 2. The van der Waals surface area contributed by atoms with E-state index in [1.807, 2.05) is 24.5 Å². The molecule has 18 heavy (non-hydrogen) atoms. The van der Waals surface area contributed by atoms with Crippen molar-refractivity contribution in [2.75, 3.05) is 17.2 Å². The number of nitrogens with zero attached hydrogens (tertiary/aromatic N) is 1. The third-order valence-electron chi connectivity index (χ3n) is 2.45. The lowest BCUT2D eigenvalue weighted by Crippen LogP contribution is -1.98. The maximum absolute atomic E-state index is 4.21. The van der Waals surface area contributed by atoms with Gasteiger partial charge in [-0.05, 0) is 43.7 Å². The molecule has 0 saturated carbocycles. The molecule has 2 rings (SSSR count). The summed E-state index contributed by atoms with van der Waals surface area (Å²) in [4.78, 5) is 4.21. The van der Waals surface area contributed by atoms with Crippen LogP contribution in [0.3, 0.4) is 0 Å². The van der Waals surface area contributed by atoms with Gasteiger partial charge < -0.3 is 10.6 Å². The zero-order valence-corrected chi connectivity index (χ0v) is 12.1. The largest absolute Gasteiger partial charge is 0.384 e. The van der Waals surface area contributed by atoms with E-state index in [9.17, 15) is 0 Å². The van der Waals surface area contributed by atoms with Crippen LogP contribution in [0.15, 0.2) is 41.1 Å². The van der Waals surface area contributed by atoms with Crippen molar-refractivity contribution in [1.29, 1.82) is 0 Å². The van der Waals surface area contributed by atoms with Gasteiger partial charge in [0.15, 0.2) is 0 Å². The van der Waals surface area contributed by atoms with Crippen molar-refractivity contribution in [2.24, 2.45) is 0 Å². The zero-order valence-electron chi connectivity index (χ0n) is 10.5. The van der Waals surface area contributed by atoms with Crippen LogP contribution in [0.5, 0.6) is 0 Å². The standard InChI is InChI=1S/C14H16BrN3/c1-3-17-13-7-14(9-16-8-13)18-12-5-10(2)4-11(15)6-12/h4-9,17-18H,3H2,1-2H3. The molecule has 0 fully saturated rings. The molecule has 0 unspecified atom stereocenters. The lowest BCUT2D eigenvalue weighted by atomic mass is 10.2. The van der Waals surface area contributed by atoms with Gasteiger partial charge in [-0.1, -0.05) is 15.9 Å². The predicted molar refractivity (Wildman–Crippen MR) is 80.6 cm³/mol. The predicted octanol–water partition coefficient (Wildman–Crippen LogP) is 4.33. The van der Waals surface area contributed by atoms with E-state index < -0.39 is 0 Å². The van der Waals surface area contributed by atoms with Crippen LogP contribution >= 0.6 is 15.9 Å². The van der Waals surface area contributed by atoms with E-state index >= 15 is 0 Å². The van der Waals surface area contributed by atoms with E-state index in [1.165, 1.54) is 5.56 Å². The topological polar surface area (TPSA) is 37.0 Å². The normalized spacial score (nSPS) is 10.2. The van der Waals surface area contributed by atoms with E-state index in [0.29, 0.717) is 0 Å². The van der Waals surface area contributed by atoms with E-state index in [4.69, 9.17) is 0 Å². The van der Waals surface area contributed by atoms with Gasteiger partial charge in [-0.2, -0.15) is 0 Å². The summed E-state index contributed by atoms with van der Waals surface area (Å²) >= 11 is 3.50. The average Bonchev–Trinajstić information content (AvgIpc) is 2.28. The Bertz CT molecular complexity index is 520. The lowest BCUT2D eigenvalue weighted by Gasteiger charge is -2.09. The summed E-state index contributed by atoms with van der Waals surface area (Å²) in [6, 6.07) is 8.28. The lowest BCUT2D eigenvalue weighted by molar-refractivity contribution is 1.19. The first-order valence-corrected chi connectivity index (χ1v) is 6.70. The Labute approximate surface area is 116 Å². The first-order chi connectivity index (χ1) is 8.67. The Kier molecular flexibility index (Phi) is 4.20. The van der Waals surface area contributed by atoms with Crippen molar-refractivity contribution in [3.8, 4) is 0 Å². The number of halogens is 1. The van der Waals surface area contributed by atoms with Gasteiger partial charge in [0.05, 0.1) is 23.8 Å². The molecule has 4 heteroatoms. The minimum atomic E-state index is 0.890. The van der Waals surface area contributed by atoms with Gasteiger partial charge in [-0.3, -0.25) is 4.98 Å². The Morgan fingerprint density at radius 2 is 1.83 bits per heavy atom. The molecular formula is C14H16BrN3. The van der Waals surface area contributed by atoms with Gasteiger partial charge in [0.25, 0.3) is 0 Å². The second kappa shape index (κ2) is 5.87. The molecule has 0 saturated heterocycles. The van der Waals surface area contributed by atoms with Crippen LogP contribution in [0.25, 0.3) is 0 Å². The molecule has 94 valence electrons. The van der Waals surface area contributed by atoms with E-state index in [2.05, 4.69) is 57.5 Å². The van der Waals surface area contributed by atoms with Crippen molar-refractivity contribution in [2.45, 2.75) is 13.8 Å². The smallest absolute Gasteiger partial charge is 0.0591 e. The summed E-state index contributed by atoms with van der Waals surface area (Å²) in [5.41, 5.74) is 4.26. The van der Waals surface area contributed by atoms with Crippen molar-refractivity contribution < 1.29 is 0 Å². The fourth-order valence-electron chi connectivity index (χ4n) is 1.78. The number of rotatable bonds is 4. The second-order valence-electron chi connectivity index (χ2n) is 4.13. The SMILES string of the molecule is CCNc1cncc(Nc2cc(C)cc(Br)c2)c1. The number of pyridine rings is 1. The first kappa shape index (κ1) is 12.9. The highest BCUT2D eigenvalue weighted by Crippen LogP contribution is 2.23. The van der Waals surface area contributed by atoms with E-state index in [0.717, 1.165) is 28.1 Å². The van der Waals surface area contributed by atoms with Crippen molar-refractivity contribution in [3.05, 3.63) is 46.7 Å². The van der Waals surface area contributed by atoms with Crippen LogP contribution in [0.1, 0.15) is 12.5 Å². The van der Waals surface area contributed by atoms with Crippen LogP contribution in [-0.4, -0.2) is 11.5 Å². The van der Waals surface area contributed by atoms with Gasteiger partial charge >= 0.3 is 0 Å². The third-order valence-corrected chi connectivity index (χ3v) is 2.91. The minimum absolute atomic E-state index is 0.890. The molecule has 0 bridgehead atoms. The molecule has 0 atom stereocenters. The van der Waals surface area contributed by atoms with Crippen LogP contribution in [-0.2, 0) is 0 Å². The molecule has 0 aliphatic heterocycles. The Morgan fingerprint density at radius 1 is 1.06 bits per heavy atom. The quantitative estimate of drug-likeness (QED) is 0.883. The monoisotopic (exact) mass is 305 g/mol. The number of hydrogen-bond donors (Lipinski definition) is 2. The molecule has 0 spiro atoms. The highest BCUT2D eigenvalue weighted by atomic mass is 79.9. The number of aryl methyl sites for hydroxylation is 1. The maximum atomic E-state index is 4.21. The van der Waals surface area contributed by atoms with Gasteiger partial charge in [0.2, 0.25) is 0 Å². The van der Waals surface area contributed by atoms with Crippen molar-refractivity contribution in [3.63, 3.8) is 0 Å². The van der Waals surface area contributed by atoms with Crippen LogP contribution in [0, 0.1) is 6.92 Å². The molecule has 0 radical (unpaired) electrons. The zero-order chi connectivity index (χ0) is 13.0.